The summed E-state index contributed by atoms with van der Waals surface area (Å²) >= 11 is 6.42. The van der Waals surface area contributed by atoms with E-state index in [1.165, 1.54) is 16.8 Å². The molecule has 0 saturated carbocycles. The maximum Gasteiger partial charge on any atom is 1.00 e. The van der Waals surface area contributed by atoms with Gasteiger partial charge in [0.1, 0.15) is 0 Å². The molecule has 0 bridgehead atoms. The van der Waals surface area contributed by atoms with E-state index in [2.05, 4.69) is 4.84 Å². The maximum absolute atomic E-state index is 9.95. The van der Waals surface area contributed by atoms with Crippen LogP contribution in [0.1, 0.15) is 15.3 Å². The molecule has 0 aromatic carbocycles. The van der Waals surface area contributed by atoms with E-state index in [-0.39, 0.29) is 31.0 Å². The third kappa shape index (κ3) is 6.25. The van der Waals surface area contributed by atoms with Crippen molar-refractivity contribution in [3.63, 3.8) is 0 Å². The van der Waals surface area contributed by atoms with Crippen LogP contribution in [-0.2, 0) is 9.63 Å². The molecule has 3 nitrogen and oxygen atoms in total. The van der Waals surface area contributed by atoms with Gasteiger partial charge < -0.3 is 6.26 Å². The molecule has 66 valence electrons. The van der Waals surface area contributed by atoms with Crippen LogP contribution >= 0.6 is 24.0 Å². The second kappa shape index (κ2) is 9.80. The molecule has 0 fully saturated rings. The normalized spacial score (nSPS) is 8.17. The number of thiocarbonyl (C=S) groups is 1. The summed E-state index contributed by atoms with van der Waals surface area (Å²) in [5, 5.41) is 1.39. The Bertz CT molecular complexity index is 151. The third-order valence-corrected chi connectivity index (χ3v) is 2.23. The topological polar surface area (TPSA) is 29.5 Å². The molecule has 0 aliphatic rings. The molecule has 0 aliphatic heterocycles. The van der Waals surface area contributed by atoms with E-state index in [0.29, 0.717) is 17.3 Å². The Hall–Kier alpha value is 0.710. The summed E-state index contributed by atoms with van der Waals surface area (Å²) in [6.07, 6.45) is 0. The Morgan fingerprint density at radius 3 is 2.67 bits per heavy atom. The summed E-state index contributed by atoms with van der Waals surface area (Å²) in [6, 6.07) is 0. The van der Waals surface area contributed by atoms with E-state index < -0.39 is 0 Å². The summed E-state index contributed by atoms with van der Waals surface area (Å²) in [5.41, 5.74) is 0. The minimum atomic E-state index is 0. The first-order valence-electron chi connectivity index (χ1n) is 3.30. The van der Waals surface area contributed by atoms with Gasteiger partial charge in [-0.25, -0.2) is 0 Å². The SMILES string of the molecule is CCSC(=S)N(CC)OC=O.[H-].[Na+]. The minimum absolute atomic E-state index is 0. The van der Waals surface area contributed by atoms with Crippen LogP contribution < -0.4 is 29.6 Å². The second-order valence-electron chi connectivity index (χ2n) is 1.60. The molecule has 0 N–H and O–H groups in total. The van der Waals surface area contributed by atoms with Gasteiger partial charge in [-0.2, -0.15) is 5.06 Å². The van der Waals surface area contributed by atoms with E-state index in [1.807, 2.05) is 13.8 Å². The number of thioether (sulfide) groups is 1. The van der Waals surface area contributed by atoms with Gasteiger partial charge in [0.25, 0.3) is 0 Å². The van der Waals surface area contributed by atoms with Gasteiger partial charge in [-0.15, -0.1) is 0 Å². The summed E-state index contributed by atoms with van der Waals surface area (Å²) in [4.78, 5) is 14.5. The van der Waals surface area contributed by atoms with Gasteiger partial charge >= 0.3 is 36.0 Å². The molecule has 0 saturated heterocycles. The molecule has 0 amide bonds. The molecule has 12 heavy (non-hydrogen) atoms. The maximum atomic E-state index is 9.95. The van der Waals surface area contributed by atoms with E-state index in [4.69, 9.17) is 12.2 Å². The molecule has 0 spiro atoms. The van der Waals surface area contributed by atoms with Crippen LogP contribution in [-0.4, -0.2) is 28.2 Å². The number of carbonyl (C=O) groups is 1. The summed E-state index contributed by atoms with van der Waals surface area (Å²) in [5.74, 6) is 0.886. The second-order valence-corrected chi connectivity index (χ2v) is 3.49. The predicted octanol–water partition coefficient (Wildman–Crippen LogP) is -1.45. The zero-order valence-corrected chi connectivity index (χ0v) is 11.2. The van der Waals surface area contributed by atoms with Gasteiger partial charge in [0.05, 0.1) is 6.54 Å². The quantitative estimate of drug-likeness (QED) is 0.249. The zero-order valence-electron chi connectivity index (χ0n) is 8.57. The average molecular weight is 217 g/mol. The van der Waals surface area contributed by atoms with Crippen molar-refractivity contribution in [2.45, 2.75) is 13.8 Å². The molecule has 0 aromatic heterocycles. The average Bonchev–Trinajstić information content (AvgIpc) is 2.00. The molecular formula is C6H12NNaO2S2. The molecule has 0 aromatic rings. The fourth-order valence-corrected chi connectivity index (χ4v) is 1.58. The fourth-order valence-electron chi connectivity index (χ4n) is 0.494. The van der Waals surface area contributed by atoms with Crippen molar-refractivity contribution in [3.05, 3.63) is 0 Å². The van der Waals surface area contributed by atoms with Crippen molar-refractivity contribution in [1.82, 2.24) is 5.06 Å². The summed E-state index contributed by atoms with van der Waals surface area (Å²) in [6.45, 7) is 4.83. The molecule has 0 aliphatic carbocycles. The zero-order chi connectivity index (χ0) is 8.69. The summed E-state index contributed by atoms with van der Waals surface area (Å²) in [7, 11) is 0. The van der Waals surface area contributed by atoms with Crippen LogP contribution in [0.2, 0.25) is 0 Å². The van der Waals surface area contributed by atoms with Crippen molar-refractivity contribution in [2.75, 3.05) is 12.3 Å². The molecule has 0 atom stereocenters. The van der Waals surface area contributed by atoms with Crippen molar-refractivity contribution >= 4 is 34.8 Å². The molecule has 6 heteroatoms. The first-order chi connectivity index (χ1) is 5.26. The minimum Gasteiger partial charge on any atom is -1.00 e. The number of carbonyl (C=O) groups excluding carboxylic acids is 1. The van der Waals surface area contributed by atoms with Gasteiger partial charge in [0, 0.05) is 0 Å². The number of rotatable bonds is 4. The Balaban J connectivity index is -0.000000500. The molecule has 0 rings (SSSR count). The van der Waals surface area contributed by atoms with E-state index >= 15 is 0 Å². The molecule has 0 heterocycles. The van der Waals surface area contributed by atoms with Gasteiger partial charge in [0.15, 0.2) is 4.32 Å². The largest absolute Gasteiger partial charge is 1.00 e. The number of hydrogen-bond donors (Lipinski definition) is 0. The first kappa shape index (κ1) is 15.2. The van der Waals surface area contributed by atoms with Crippen LogP contribution in [0, 0.1) is 0 Å². The van der Waals surface area contributed by atoms with Crippen LogP contribution in [0.4, 0.5) is 0 Å². The number of hydroxylamine groups is 2. The first-order valence-corrected chi connectivity index (χ1v) is 4.70. The van der Waals surface area contributed by atoms with Crippen LogP contribution in [0.15, 0.2) is 0 Å². The summed E-state index contributed by atoms with van der Waals surface area (Å²) < 4.78 is 0.599. The van der Waals surface area contributed by atoms with E-state index in [9.17, 15) is 4.79 Å². The standard InChI is InChI=1S/C6H11NO2S2.Na.H/c1-3-7(9-5-8)6(10)11-4-2;;/h5H,3-4H2,1-2H3;;/q;+1;-1. The van der Waals surface area contributed by atoms with Crippen molar-refractivity contribution in [2.24, 2.45) is 0 Å². The molecule has 0 unspecified atom stereocenters. The molecular weight excluding hydrogens is 205 g/mol. The number of nitrogens with zero attached hydrogens (tertiary/aromatic N) is 1. The van der Waals surface area contributed by atoms with E-state index in [0.717, 1.165) is 5.75 Å². The monoisotopic (exact) mass is 217 g/mol. The van der Waals surface area contributed by atoms with Crippen molar-refractivity contribution in [3.8, 4) is 0 Å². The van der Waals surface area contributed by atoms with Crippen LogP contribution in [0.25, 0.3) is 0 Å². The van der Waals surface area contributed by atoms with Gasteiger partial charge in [0.2, 0.25) is 0 Å². The van der Waals surface area contributed by atoms with Crippen molar-refractivity contribution in [1.29, 1.82) is 0 Å². The fraction of sp³-hybridized carbons (Fsp3) is 0.667. The Labute approximate surface area is 106 Å². The van der Waals surface area contributed by atoms with E-state index in [1.54, 1.807) is 0 Å². The van der Waals surface area contributed by atoms with Crippen LogP contribution in [0.5, 0.6) is 0 Å². The van der Waals surface area contributed by atoms with Crippen molar-refractivity contribution < 1.29 is 40.6 Å². The van der Waals surface area contributed by atoms with Gasteiger partial charge in [-0.05, 0) is 24.9 Å². The van der Waals surface area contributed by atoms with Crippen LogP contribution in [0.3, 0.4) is 0 Å². The predicted molar refractivity (Wildman–Crippen MR) is 51.4 cm³/mol. The van der Waals surface area contributed by atoms with Gasteiger partial charge in [-0.1, -0.05) is 18.7 Å². The Morgan fingerprint density at radius 2 is 2.33 bits per heavy atom. The molecule has 0 radical (unpaired) electrons. The third-order valence-electron chi connectivity index (χ3n) is 0.929. The Morgan fingerprint density at radius 1 is 1.75 bits per heavy atom. The smallest absolute Gasteiger partial charge is 1.00 e. The Kier molecular flexibility index (Phi) is 12.4. The number of hydrogen-bond acceptors (Lipinski definition) is 4. The van der Waals surface area contributed by atoms with Gasteiger partial charge in [-0.3, -0.25) is 4.79 Å².